The zero-order chi connectivity index (χ0) is 24.8. The number of benzene rings is 2. The number of methoxy groups -OCH3 is 1. The summed E-state index contributed by atoms with van der Waals surface area (Å²) in [4.78, 5) is 22.6. The zero-order valence-electron chi connectivity index (χ0n) is 19.9. The van der Waals surface area contributed by atoms with Crippen molar-refractivity contribution in [1.29, 1.82) is 0 Å². The van der Waals surface area contributed by atoms with Crippen LogP contribution in [0.5, 0.6) is 5.75 Å². The summed E-state index contributed by atoms with van der Waals surface area (Å²) in [6, 6.07) is 18.3. The minimum absolute atomic E-state index is 0.181. The molecule has 2 fully saturated rings. The van der Waals surface area contributed by atoms with Crippen LogP contribution in [-0.4, -0.2) is 57.4 Å². The van der Waals surface area contributed by atoms with E-state index < -0.39 is 5.82 Å². The maximum atomic E-state index is 13.9. The third-order valence-corrected chi connectivity index (χ3v) is 7.64. The van der Waals surface area contributed by atoms with Crippen molar-refractivity contribution < 1.29 is 13.9 Å². The molecule has 2 bridgehead atoms. The van der Waals surface area contributed by atoms with Crippen molar-refractivity contribution in [3.63, 3.8) is 0 Å². The summed E-state index contributed by atoms with van der Waals surface area (Å²) < 4.78 is 21.4. The normalized spacial score (nSPS) is 19.7. The molecule has 2 saturated heterocycles. The standard InChI is InChI=1S/C28H26ClFN4O2/c1-36-25-12-9-20(30)14-23(25)28(35)32-15-21-10-11-22(16-32)34(21)17-24-27(18-5-7-19(29)8-6-18)31-26-4-2-3-13-33(24)26/h2-9,12-14,21-22H,10-11,15-17H2,1H3. The monoisotopic (exact) mass is 504 g/mol. The lowest BCUT2D eigenvalue weighted by Gasteiger charge is -2.41. The number of halogens is 2. The molecule has 2 unspecified atom stereocenters. The van der Waals surface area contributed by atoms with E-state index in [0.717, 1.165) is 42.0 Å². The molecular formula is C28H26ClFN4O2. The Labute approximate surface area is 213 Å². The molecule has 0 radical (unpaired) electrons. The summed E-state index contributed by atoms with van der Waals surface area (Å²) in [5.41, 5.74) is 4.27. The summed E-state index contributed by atoms with van der Waals surface area (Å²) in [5.74, 6) is -0.225. The summed E-state index contributed by atoms with van der Waals surface area (Å²) in [6.45, 7) is 1.92. The SMILES string of the molecule is COc1ccc(F)cc1C(=O)N1CC2CCC(C1)N2Cc1c(-c2ccc(Cl)cc2)nc2ccccn12. The number of imidazole rings is 1. The Bertz CT molecular complexity index is 1420. The van der Waals surface area contributed by atoms with Gasteiger partial charge in [0.05, 0.1) is 24.1 Å². The number of nitrogens with zero attached hydrogens (tertiary/aromatic N) is 4. The van der Waals surface area contributed by atoms with E-state index in [1.165, 1.54) is 25.3 Å². The lowest BCUT2D eigenvalue weighted by atomic mass is 10.1. The van der Waals surface area contributed by atoms with Gasteiger partial charge in [0.2, 0.25) is 0 Å². The average Bonchev–Trinajstić information content (AvgIpc) is 3.36. The number of carbonyl (C=O) groups excluding carboxylic acids is 1. The Morgan fingerprint density at radius 2 is 1.83 bits per heavy atom. The van der Waals surface area contributed by atoms with E-state index in [9.17, 15) is 9.18 Å². The first-order chi connectivity index (χ1) is 17.5. The highest BCUT2D eigenvalue weighted by molar-refractivity contribution is 6.30. The number of aromatic nitrogens is 2. The summed E-state index contributed by atoms with van der Waals surface area (Å²) >= 11 is 6.14. The van der Waals surface area contributed by atoms with Crippen molar-refractivity contribution in [3.8, 4) is 17.0 Å². The van der Waals surface area contributed by atoms with Crippen molar-refractivity contribution >= 4 is 23.2 Å². The van der Waals surface area contributed by atoms with Gasteiger partial charge in [0.15, 0.2) is 0 Å². The molecule has 0 saturated carbocycles. The van der Waals surface area contributed by atoms with Gasteiger partial charge in [0.1, 0.15) is 17.2 Å². The lowest BCUT2D eigenvalue weighted by Crippen LogP contribution is -2.55. The minimum Gasteiger partial charge on any atom is -0.496 e. The third-order valence-electron chi connectivity index (χ3n) is 7.39. The van der Waals surface area contributed by atoms with Gasteiger partial charge in [-0.1, -0.05) is 29.8 Å². The fraction of sp³-hybridized carbons (Fsp3) is 0.286. The minimum atomic E-state index is -0.442. The van der Waals surface area contributed by atoms with Crippen LogP contribution in [0.25, 0.3) is 16.9 Å². The second-order valence-corrected chi connectivity index (χ2v) is 9.89. The average molecular weight is 505 g/mol. The molecular weight excluding hydrogens is 479 g/mol. The van der Waals surface area contributed by atoms with E-state index in [4.69, 9.17) is 21.3 Å². The number of hydrogen-bond acceptors (Lipinski definition) is 4. The molecule has 6 nitrogen and oxygen atoms in total. The number of piperazine rings is 1. The maximum Gasteiger partial charge on any atom is 0.257 e. The van der Waals surface area contributed by atoms with Crippen molar-refractivity contribution in [3.05, 3.63) is 89.0 Å². The molecule has 6 rings (SSSR count). The highest BCUT2D eigenvalue weighted by Gasteiger charge is 2.42. The van der Waals surface area contributed by atoms with Crippen LogP contribution in [-0.2, 0) is 6.54 Å². The van der Waals surface area contributed by atoms with Crippen molar-refractivity contribution in [2.75, 3.05) is 20.2 Å². The van der Waals surface area contributed by atoms with E-state index in [0.29, 0.717) is 23.9 Å². The Morgan fingerprint density at radius 1 is 1.08 bits per heavy atom. The van der Waals surface area contributed by atoms with Crippen LogP contribution in [0.15, 0.2) is 66.9 Å². The third kappa shape index (κ3) is 4.02. The largest absolute Gasteiger partial charge is 0.496 e. The molecule has 36 heavy (non-hydrogen) atoms. The van der Waals surface area contributed by atoms with E-state index in [1.54, 1.807) is 0 Å². The second kappa shape index (κ2) is 9.22. The number of carbonyl (C=O) groups is 1. The van der Waals surface area contributed by atoms with Crippen LogP contribution >= 0.6 is 11.6 Å². The molecule has 2 aromatic heterocycles. The molecule has 2 atom stereocenters. The molecule has 2 aliphatic rings. The van der Waals surface area contributed by atoms with Crippen LogP contribution in [0.3, 0.4) is 0 Å². The first-order valence-electron chi connectivity index (χ1n) is 12.1. The van der Waals surface area contributed by atoms with E-state index in [-0.39, 0.29) is 23.6 Å². The molecule has 1 amide bonds. The molecule has 0 N–H and O–H groups in total. The number of likely N-dealkylation sites (tertiary alicyclic amines) is 1. The van der Waals surface area contributed by atoms with Gasteiger partial charge in [0.25, 0.3) is 5.91 Å². The summed E-state index contributed by atoms with van der Waals surface area (Å²) in [7, 11) is 1.50. The number of hydrogen-bond donors (Lipinski definition) is 0. The highest BCUT2D eigenvalue weighted by Crippen LogP contribution is 2.35. The first kappa shape index (κ1) is 23.0. The maximum absolute atomic E-state index is 13.9. The zero-order valence-corrected chi connectivity index (χ0v) is 20.7. The van der Waals surface area contributed by atoms with Gasteiger partial charge in [-0.05, 0) is 55.3 Å². The Hall–Kier alpha value is -3.42. The molecule has 184 valence electrons. The fourth-order valence-corrected chi connectivity index (χ4v) is 5.77. The summed E-state index contributed by atoms with van der Waals surface area (Å²) in [5, 5.41) is 0.692. The molecule has 2 aromatic carbocycles. The molecule has 4 aromatic rings. The van der Waals surface area contributed by atoms with Gasteiger partial charge >= 0.3 is 0 Å². The van der Waals surface area contributed by atoms with Gasteiger partial charge in [-0.15, -0.1) is 0 Å². The Balaban J connectivity index is 1.29. The number of fused-ring (bicyclic) bond motifs is 3. The number of amides is 1. The van der Waals surface area contributed by atoms with Crippen molar-refractivity contribution in [2.24, 2.45) is 0 Å². The van der Waals surface area contributed by atoms with E-state index >= 15 is 0 Å². The van der Waals surface area contributed by atoms with Gasteiger partial charge < -0.3 is 14.0 Å². The quantitative estimate of drug-likeness (QED) is 0.370. The molecule has 8 heteroatoms. The lowest BCUT2D eigenvalue weighted by molar-refractivity contribution is 0.0416. The topological polar surface area (TPSA) is 50.1 Å². The number of pyridine rings is 1. The van der Waals surface area contributed by atoms with E-state index in [1.807, 2.05) is 47.4 Å². The van der Waals surface area contributed by atoms with E-state index in [2.05, 4.69) is 15.5 Å². The smallest absolute Gasteiger partial charge is 0.257 e. The van der Waals surface area contributed by atoms with Gasteiger partial charge in [-0.25, -0.2) is 9.37 Å². The molecule has 2 aliphatic heterocycles. The first-order valence-corrected chi connectivity index (χ1v) is 12.5. The molecule has 0 aliphatic carbocycles. The van der Waals surface area contributed by atoms with Crippen LogP contribution in [0.4, 0.5) is 4.39 Å². The second-order valence-electron chi connectivity index (χ2n) is 9.45. The van der Waals surface area contributed by atoms with Crippen LogP contribution < -0.4 is 4.74 Å². The van der Waals surface area contributed by atoms with Crippen LogP contribution in [0, 0.1) is 5.82 Å². The van der Waals surface area contributed by atoms with Gasteiger partial charge in [-0.3, -0.25) is 9.69 Å². The van der Waals surface area contributed by atoms with Crippen LogP contribution in [0.2, 0.25) is 5.02 Å². The molecule has 0 spiro atoms. The van der Waals surface area contributed by atoms with Gasteiger partial charge in [0, 0.05) is 48.5 Å². The fourth-order valence-electron chi connectivity index (χ4n) is 5.64. The van der Waals surface area contributed by atoms with Crippen molar-refractivity contribution in [2.45, 2.75) is 31.5 Å². The molecule has 4 heterocycles. The van der Waals surface area contributed by atoms with Gasteiger partial charge in [-0.2, -0.15) is 0 Å². The Kier molecular flexibility index (Phi) is 5.90. The predicted octanol–water partition coefficient (Wildman–Crippen LogP) is 5.29. The number of ether oxygens (including phenoxy) is 1. The highest BCUT2D eigenvalue weighted by atomic mass is 35.5. The Morgan fingerprint density at radius 3 is 2.56 bits per heavy atom. The predicted molar refractivity (Wildman–Crippen MR) is 137 cm³/mol. The number of rotatable bonds is 5. The summed E-state index contributed by atoms with van der Waals surface area (Å²) in [6.07, 6.45) is 4.08. The van der Waals surface area contributed by atoms with Crippen LogP contribution in [0.1, 0.15) is 28.9 Å². The van der Waals surface area contributed by atoms with Crippen molar-refractivity contribution in [1.82, 2.24) is 19.2 Å².